The first-order valence-corrected chi connectivity index (χ1v) is 10.0. The van der Waals surface area contributed by atoms with Gasteiger partial charge in [0.05, 0.1) is 16.2 Å². The van der Waals surface area contributed by atoms with Crippen LogP contribution in [0.25, 0.3) is 10.9 Å². The van der Waals surface area contributed by atoms with E-state index in [-0.39, 0.29) is 5.56 Å². The molecular weight excluding hydrogens is 388 g/mol. The van der Waals surface area contributed by atoms with Crippen molar-refractivity contribution < 1.29 is 9.59 Å². The highest BCUT2D eigenvalue weighted by Gasteiger charge is 2.20. The number of nitrogens with zero attached hydrogens (tertiary/aromatic N) is 2. The molecule has 1 aromatic heterocycles. The second kappa shape index (κ2) is 9.75. The maximum Gasteiger partial charge on any atom is 0.321 e. The SMILES string of the molecule is CCCCCn1c(S[C@H](C)C(=O)NC(=O)NC)nc2cc(Cl)ccc2c1=O. The molecule has 1 heterocycles. The number of benzene rings is 1. The van der Waals surface area contributed by atoms with E-state index in [1.165, 1.54) is 7.05 Å². The molecule has 2 N–H and O–H groups in total. The maximum absolute atomic E-state index is 12.9. The smallest absolute Gasteiger partial charge is 0.321 e. The fraction of sp³-hybridized carbons (Fsp3) is 0.444. The van der Waals surface area contributed by atoms with Crippen molar-refractivity contribution in [3.05, 3.63) is 33.6 Å². The van der Waals surface area contributed by atoms with Gasteiger partial charge in [-0.3, -0.25) is 19.5 Å². The Balaban J connectivity index is 2.39. The Morgan fingerprint density at radius 3 is 2.74 bits per heavy atom. The number of imide groups is 1. The average molecular weight is 411 g/mol. The van der Waals surface area contributed by atoms with Gasteiger partial charge in [0, 0.05) is 18.6 Å². The molecule has 0 saturated carbocycles. The zero-order valence-electron chi connectivity index (χ0n) is 15.5. The van der Waals surface area contributed by atoms with E-state index >= 15 is 0 Å². The Labute approximate surface area is 166 Å². The second-order valence-corrected chi connectivity index (χ2v) is 7.79. The van der Waals surface area contributed by atoms with Crippen LogP contribution in [0.4, 0.5) is 4.79 Å². The van der Waals surface area contributed by atoms with Crippen LogP contribution >= 0.6 is 23.4 Å². The summed E-state index contributed by atoms with van der Waals surface area (Å²) >= 11 is 7.17. The minimum absolute atomic E-state index is 0.158. The first-order valence-electron chi connectivity index (χ1n) is 8.76. The first kappa shape index (κ1) is 21.2. The van der Waals surface area contributed by atoms with Crippen LogP contribution in [-0.2, 0) is 11.3 Å². The summed E-state index contributed by atoms with van der Waals surface area (Å²) in [5.74, 6) is -0.458. The summed E-state index contributed by atoms with van der Waals surface area (Å²) in [5.41, 5.74) is 0.329. The van der Waals surface area contributed by atoms with Crippen LogP contribution < -0.4 is 16.2 Å². The third kappa shape index (κ3) is 5.46. The van der Waals surface area contributed by atoms with Crippen molar-refractivity contribution in [2.24, 2.45) is 0 Å². The molecule has 0 saturated heterocycles. The van der Waals surface area contributed by atoms with Crippen molar-refractivity contribution in [1.29, 1.82) is 0 Å². The van der Waals surface area contributed by atoms with Crippen LogP contribution in [-0.4, -0.2) is 33.8 Å². The number of carbonyl (C=O) groups excluding carboxylic acids is 2. The number of rotatable bonds is 7. The van der Waals surface area contributed by atoms with E-state index in [9.17, 15) is 14.4 Å². The second-order valence-electron chi connectivity index (χ2n) is 6.05. The molecule has 7 nitrogen and oxygen atoms in total. The van der Waals surface area contributed by atoms with Gasteiger partial charge in [0.2, 0.25) is 5.91 Å². The zero-order chi connectivity index (χ0) is 20.0. The monoisotopic (exact) mass is 410 g/mol. The minimum atomic E-state index is -0.608. The first-order chi connectivity index (χ1) is 12.9. The van der Waals surface area contributed by atoms with E-state index in [2.05, 4.69) is 22.5 Å². The third-order valence-electron chi connectivity index (χ3n) is 3.98. The molecule has 0 radical (unpaired) electrons. The van der Waals surface area contributed by atoms with E-state index in [0.717, 1.165) is 31.0 Å². The molecule has 1 aromatic carbocycles. The van der Waals surface area contributed by atoms with Crippen molar-refractivity contribution >= 4 is 46.2 Å². The maximum atomic E-state index is 12.9. The number of urea groups is 1. The average Bonchev–Trinajstić information content (AvgIpc) is 2.63. The molecule has 0 aliphatic carbocycles. The van der Waals surface area contributed by atoms with E-state index in [1.54, 1.807) is 29.7 Å². The van der Waals surface area contributed by atoms with Gasteiger partial charge in [0.25, 0.3) is 5.56 Å². The summed E-state index contributed by atoms with van der Waals surface area (Å²) in [6, 6.07) is 4.38. The van der Waals surface area contributed by atoms with Crippen LogP contribution in [0, 0.1) is 0 Å². The number of carbonyl (C=O) groups is 2. The van der Waals surface area contributed by atoms with Gasteiger partial charge in [0.1, 0.15) is 0 Å². The highest BCUT2D eigenvalue weighted by Crippen LogP contribution is 2.24. The van der Waals surface area contributed by atoms with Crippen molar-refractivity contribution in [1.82, 2.24) is 20.2 Å². The lowest BCUT2D eigenvalue weighted by atomic mass is 10.2. The lowest BCUT2D eigenvalue weighted by Crippen LogP contribution is -2.41. The van der Waals surface area contributed by atoms with E-state index in [4.69, 9.17) is 11.6 Å². The summed E-state index contributed by atoms with van der Waals surface area (Å²) in [7, 11) is 1.43. The van der Waals surface area contributed by atoms with E-state index in [0.29, 0.717) is 27.6 Å². The number of aromatic nitrogens is 2. The number of amides is 3. The number of thioether (sulfide) groups is 1. The number of fused-ring (bicyclic) bond motifs is 1. The van der Waals surface area contributed by atoms with Crippen LogP contribution in [0.15, 0.2) is 28.2 Å². The Hall–Kier alpha value is -2.06. The van der Waals surface area contributed by atoms with Gasteiger partial charge in [-0.1, -0.05) is 43.1 Å². The summed E-state index contributed by atoms with van der Waals surface area (Å²) in [6.45, 7) is 4.27. The number of hydrogen-bond donors (Lipinski definition) is 2. The quantitative estimate of drug-likeness (QED) is 0.415. The van der Waals surface area contributed by atoms with E-state index < -0.39 is 17.2 Å². The van der Waals surface area contributed by atoms with Crippen molar-refractivity contribution in [3.63, 3.8) is 0 Å². The standard InChI is InChI=1S/C18H23ClN4O3S/c1-4-5-6-9-23-16(25)13-8-7-12(19)10-14(13)21-18(23)27-11(2)15(24)22-17(26)20-3/h7-8,10-11H,4-6,9H2,1-3H3,(H2,20,22,24,26)/t11-/m1/s1. The lowest BCUT2D eigenvalue weighted by molar-refractivity contribution is -0.119. The Morgan fingerprint density at radius 1 is 1.33 bits per heavy atom. The minimum Gasteiger partial charge on any atom is -0.341 e. The highest BCUT2D eigenvalue weighted by atomic mass is 35.5. The normalized spacial score (nSPS) is 12.0. The Kier molecular flexibility index (Phi) is 7.67. The van der Waals surface area contributed by atoms with Crippen LogP contribution in [0.1, 0.15) is 33.1 Å². The molecule has 0 bridgehead atoms. The largest absolute Gasteiger partial charge is 0.341 e. The number of unbranched alkanes of at least 4 members (excludes halogenated alkanes) is 2. The number of nitrogens with one attached hydrogen (secondary N) is 2. The van der Waals surface area contributed by atoms with Crippen molar-refractivity contribution in [2.75, 3.05) is 7.05 Å². The van der Waals surface area contributed by atoms with Crippen molar-refractivity contribution in [3.8, 4) is 0 Å². The van der Waals surface area contributed by atoms with Gasteiger partial charge in [-0.15, -0.1) is 0 Å². The summed E-state index contributed by atoms with van der Waals surface area (Å²) < 4.78 is 1.60. The fourth-order valence-corrected chi connectivity index (χ4v) is 3.57. The summed E-state index contributed by atoms with van der Waals surface area (Å²) in [6.07, 6.45) is 2.85. The Morgan fingerprint density at radius 2 is 2.07 bits per heavy atom. The molecule has 0 aliphatic heterocycles. The molecule has 0 unspecified atom stereocenters. The van der Waals surface area contributed by atoms with Crippen LogP contribution in [0.3, 0.4) is 0 Å². The van der Waals surface area contributed by atoms with Crippen LogP contribution in [0.5, 0.6) is 0 Å². The molecule has 1 atom stereocenters. The predicted octanol–water partition coefficient (Wildman–Crippen LogP) is 3.18. The predicted molar refractivity (Wildman–Crippen MR) is 108 cm³/mol. The van der Waals surface area contributed by atoms with Crippen molar-refractivity contribution in [2.45, 2.75) is 50.1 Å². The fourth-order valence-electron chi connectivity index (χ4n) is 2.47. The Bertz CT molecular complexity index is 900. The molecule has 27 heavy (non-hydrogen) atoms. The molecule has 0 fully saturated rings. The highest BCUT2D eigenvalue weighted by molar-refractivity contribution is 8.00. The molecule has 9 heteroatoms. The summed E-state index contributed by atoms with van der Waals surface area (Å²) in [4.78, 5) is 41.0. The van der Waals surface area contributed by atoms with Gasteiger partial charge in [-0.05, 0) is 31.5 Å². The lowest BCUT2D eigenvalue weighted by Gasteiger charge is -2.16. The van der Waals surface area contributed by atoms with Gasteiger partial charge in [-0.25, -0.2) is 9.78 Å². The number of halogens is 1. The molecule has 2 rings (SSSR count). The molecule has 2 aromatic rings. The van der Waals surface area contributed by atoms with E-state index in [1.807, 2.05) is 0 Å². The third-order valence-corrected chi connectivity index (χ3v) is 5.31. The molecular formula is C18H23ClN4O3S. The molecule has 0 aliphatic rings. The summed E-state index contributed by atoms with van der Waals surface area (Å²) in [5, 5.41) is 5.37. The molecule has 0 spiro atoms. The van der Waals surface area contributed by atoms with Gasteiger partial charge in [0.15, 0.2) is 5.16 Å². The topological polar surface area (TPSA) is 93.1 Å². The van der Waals surface area contributed by atoms with Crippen LogP contribution in [0.2, 0.25) is 5.02 Å². The number of hydrogen-bond acceptors (Lipinski definition) is 5. The molecule has 146 valence electrons. The molecule has 3 amide bonds. The van der Waals surface area contributed by atoms with Gasteiger partial charge < -0.3 is 5.32 Å². The van der Waals surface area contributed by atoms with Gasteiger partial charge in [-0.2, -0.15) is 0 Å². The zero-order valence-corrected chi connectivity index (χ0v) is 17.1. The van der Waals surface area contributed by atoms with Gasteiger partial charge >= 0.3 is 6.03 Å².